The number of anilines is 1. The number of hydrogen-bond donors (Lipinski definition) is 0. The highest BCUT2D eigenvalue weighted by Crippen LogP contribution is 2.54. The second kappa shape index (κ2) is 5.87. The molecule has 0 amide bonds. The lowest BCUT2D eigenvalue weighted by Crippen LogP contribution is -2.35. The maximum Gasteiger partial charge on any atom is 0.179 e. The molecule has 0 radical (unpaired) electrons. The van der Waals surface area contributed by atoms with Crippen molar-refractivity contribution in [2.24, 2.45) is 5.41 Å². The number of rotatable bonds is 2. The molecule has 126 valence electrons. The van der Waals surface area contributed by atoms with Crippen LogP contribution in [0.3, 0.4) is 0 Å². The van der Waals surface area contributed by atoms with Gasteiger partial charge in [-0.2, -0.15) is 0 Å². The van der Waals surface area contributed by atoms with Gasteiger partial charge in [0.1, 0.15) is 0 Å². The molecule has 2 heterocycles. The molecule has 2 aromatic rings. The van der Waals surface area contributed by atoms with Crippen molar-refractivity contribution in [2.75, 3.05) is 31.2 Å². The summed E-state index contributed by atoms with van der Waals surface area (Å²) in [6.45, 7) is 7.39. The largest absolute Gasteiger partial charge is 0.378 e. The molecule has 1 fully saturated rings. The van der Waals surface area contributed by atoms with Gasteiger partial charge in [0.05, 0.1) is 23.1 Å². The number of morpholine rings is 1. The molecule has 1 aliphatic heterocycles. The molecule has 4 rings (SSSR count). The summed E-state index contributed by atoms with van der Waals surface area (Å²) in [4.78, 5) is 16.2. The van der Waals surface area contributed by atoms with Crippen LogP contribution in [0, 0.1) is 5.41 Å². The Kier molecular flexibility index (Phi) is 3.94. The Morgan fingerprint density at radius 1 is 1.21 bits per heavy atom. The van der Waals surface area contributed by atoms with E-state index in [0.29, 0.717) is 0 Å². The molecule has 1 atom stereocenters. The number of halogens is 1. The van der Waals surface area contributed by atoms with Gasteiger partial charge in [-0.1, -0.05) is 37.6 Å². The van der Waals surface area contributed by atoms with Crippen LogP contribution < -0.4 is 4.90 Å². The number of ether oxygens (including phenoxy) is 1. The highest BCUT2D eigenvalue weighted by molar-refractivity contribution is 7.18. The smallest absolute Gasteiger partial charge is 0.179 e. The van der Waals surface area contributed by atoms with E-state index in [1.807, 2.05) is 24.3 Å². The molecule has 24 heavy (non-hydrogen) atoms. The normalized spacial score (nSPS) is 22.7. The number of carbonyl (C=O) groups excluding carboxylic acids is 1. The number of carbonyl (C=O) groups is 1. The van der Waals surface area contributed by atoms with Gasteiger partial charge in [-0.15, -0.1) is 11.3 Å². The van der Waals surface area contributed by atoms with Crippen LogP contribution in [-0.2, 0) is 4.74 Å². The van der Waals surface area contributed by atoms with E-state index in [9.17, 15) is 4.79 Å². The van der Waals surface area contributed by atoms with E-state index in [2.05, 4.69) is 24.8 Å². The lowest BCUT2D eigenvalue weighted by Gasteiger charge is -2.29. The van der Waals surface area contributed by atoms with Crippen LogP contribution in [0.5, 0.6) is 0 Å². The maximum absolute atomic E-state index is 13.0. The second-order valence-corrected chi connectivity index (χ2v) is 8.47. The number of hydrogen-bond acceptors (Lipinski definition) is 4. The monoisotopic (exact) mass is 361 g/mol. The van der Waals surface area contributed by atoms with Crippen LogP contribution in [0.2, 0.25) is 5.02 Å². The molecule has 1 aromatic carbocycles. The lowest BCUT2D eigenvalue weighted by atomic mass is 9.75. The van der Waals surface area contributed by atoms with Gasteiger partial charge in [0, 0.05) is 29.4 Å². The Morgan fingerprint density at radius 2 is 1.88 bits per heavy atom. The van der Waals surface area contributed by atoms with Gasteiger partial charge >= 0.3 is 0 Å². The molecule has 0 spiro atoms. The molecule has 0 N–H and O–H groups in total. The zero-order valence-corrected chi connectivity index (χ0v) is 15.4. The fourth-order valence-electron chi connectivity index (χ4n) is 3.79. The number of thiophene rings is 1. The van der Waals surface area contributed by atoms with Crippen molar-refractivity contribution in [3.63, 3.8) is 0 Å². The van der Waals surface area contributed by atoms with Crippen molar-refractivity contribution < 1.29 is 9.53 Å². The topological polar surface area (TPSA) is 29.5 Å². The first-order chi connectivity index (χ1) is 11.5. The SMILES string of the molecule is CC1(C)C(=O)c2sc(N3CCOCC3)cc2C1c1ccc(Cl)cc1. The van der Waals surface area contributed by atoms with Gasteiger partial charge in [-0.25, -0.2) is 0 Å². The minimum Gasteiger partial charge on any atom is -0.378 e. The molecule has 1 saturated heterocycles. The summed E-state index contributed by atoms with van der Waals surface area (Å²) in [5, 5.41) is 1.91. The Bertz CT molecular complexity index is 775. The van der Waals surface area contributed by atoms with E-state index in [0.717, 1.165) is 41.8 Å². The zero-order chi connectivity index (χ0) is 16.9. The van der Waals surface area contributed by atoms with Crippen molar-refractivity contribution in [3.8, 4) is 0 Å². The summed E-state index contributed by atoms with van der Waals surface area (Å²) in [5.74, 6) is 0.338. The minimum atomic E-state index is -0.418. The first kappa shape index (κ1) is 16.1. The second-order valence-electron chi connectivity index (χ2n) is 7.00. The predicted octanol–water partition coefficient (Wildman–Crippen LogP) is 4.59. The third-order valence-corrected chi connectivity index (χ3v) is 6.56. The van der Waals surface area contributed by atoms with Crippen molar-refractivity contribution in [1.29, 1.82) is 0 Å². The lowest BCUT2D eigenvalue weighted by molar-refractivity contribution is 0.0850. The Hall–Kier alpha value is -1.36. The number of benzene rings is 1. The summed E-state index contributed by atoms with van der Waals surface area (Å²) >= 11 is 7.68. The zero-order valence-electron chi connectivity index (χ0n) is 13.8. The third kappa shape index (κ3) is 2.48. The summed E-state index contributed by atoms with van der Waals surface area (Å²) < 4.78 is 5.44. The Morgan fingerprint density at radius 3 is 2.54 bits per heavy atom. The minimum absolute atomic E-state index is 0.0864. The van der Waals surface area contributed by atoms with Gasteiger partial charge in [0.15, 0.2) is 5.78 Å². The van der Waals surface area contributed by atoms with E-state index in [4.69, 9.17) is 16.3 Å². The van der Waals surface area contributed by atoms with Crippen molar-refractivity contribution in [1.82, 2.24) is 0 Å². The molecular weight excluding hydrogens is 342 g/mol. The summed E-state index contributed by atoms with van der Waals surface area (Å²) in [6, 6.07) is 10.1. The molecule has 5 heteroatoms. The summed E-state index contributed by atoms with van der Waals surface area (Å²) in [7, 11) is 0. The Balaban J connectivity index is 1.76. The van der Waals surface area contributed by atoms with Crippen LogP contribution in [0.25, 0.3) is 0 Å². The van der Waals surface area contributed by atoms with Gasteiger partial charge < -0.3 is 9.64 Å². The molecule has 0 saturated carbocycles. The van der Waals surface area contributed by atoms with Crippen molar-refractivity contribution in [2.45, 2.75) is 19.8 Å². The quantitative estimate of drug-likeness (QED) is 0.783. The molecule has 1 aromatic heterocycles. The van der Waals surface area contributed by atoms with Gasteiger partial charge in [0.2, 0.25) is 0 Å². The standard InChI is InChI=1S/C19H20ClNO2S/c1-19(2)16(12-3-5-13(20)6-4-12)14-11-15(24-17(14)18(19)22)21-7-9-23-10-8-21/h3-6,11,16H,7-10H2,1-2H3. The average molecular weight is 362 g/mol. The first-order valence-electron chi connectivity index (χ1n) is 8.25. The van der Waals surface area contributed by atoms with E-state index in [1.54, 1.807) is 11.3 Å². The fourth-order valence-corrected chi connectivity index (χ4v) is 5.27. The molecule has 1 unspecified atom stereocenters. The number of nitrogens with zero attached hydrogens (tertiary/aromatic N) is 1. The molecule has 2 aliphatic rings. The maximum atomic E-state index is 13.0. The Labute approximate surface area is 151 Å². The first-order valence-corrected chi connectivity index (χ1v) is 9.44. The predicted molar refractivity (Wildman–Crippen MR) is 98.8 cm³/mol. The number of ketones is 1. The van der Waals surface area contributed by atoms with E-state index >= 15 is 0 Å². The summed E-state index contributed by atoms with van der Waals surface area (Å²) in [6.07, 6.45) is 0. The number of fused-ring (bicyclic) bond motifs is 1. The van der Waals surface area contributed by atoms with Crippen LogP contribution in [0.15, 0.2) is 30.3 Å². The van der Waals surface area contributed by atoms with Crippen LogP contribution in [0.4, 0.5) is 5.00 Å². The number of Topliss-reactive ketones (excluding diaryl/α,β-unsaturated/α-hetero) is 1. The fraction of sp³-hybridized carbons (Fsp3) is 0.421. The molecular formula is C19H20ClNO2S. The van der Waals surface area contributed by atoms with Gasteiger partial charge in [-0.3, -0.25) is 4.79 Å². The van der Waals surface area contributed by atoms with Crippen LogP contribution in [-0.4, -0.2) is 32.1 Å². The van der Waals surface area contributed by atoms with Crippen molar-refractivity contribution in [3.05, 3.63) is 51.4 Å². The average Bonchev–Trinajstić information content (AvgIpc) is 3.07. The summed E-state index contributed by atoms with van der Waals surface area (Å²) in [5.41, 5.74) is 1.90. The van der Waals surface area contributed by atoms with Crippen LogP contribution >= 0.6 is 22.9 Å². The molecule has 0 bridgehead atoms. The molecule has 1 aliphatic carbocycles. The van der Waals surface area contributed by atoms with Gasteiger partial charge in [0.25, 0.3) is 0 Å². The van der Waals surface area contributed by atoms with Crippen molar-refractivity contribution >= 4 is 33.7 Å². The highest BCUT2D eigenvalue weighted by Gasteiger charge is 2.48. The molecule has 3 nitrogen and oxygen atoms in total. The van der Waals surface area contributed by atoms with E-state index in [-0.39, 0.29) is 11.7 Å². The third-order valence-electron chi connectivity index (χ3n) is 5.10. The highest BCUT2D eigenvalue weighted by atomic mass is 35.5. The van der Waals surface area contributed by atoms with Gasteiger partial charge in [-0.05, 0) is 29.3 Å². The van der Waals surface area contributed by atoms with E-state index in [1.165, 1.54) is 10.6 Å². The van der Waals surface area contributed by atoms with Crippen LogP contribution in [0.1, 0.15) is 40.6 Å². The van der Waals surface area contributed by atoms with E-state index < -0.39 is 5.41 Å².